The zero-order valence-electron chi connectivity index (χ0n) is 16.0. The third-order valence-electron chi connectivity index (χ3n) is 5.86. The SMILES string of the molecule is Cc1[nH]c(CN2C(=O)Cc3cc(F)ccc32)c(C)c1C(=O)N[C@H]1CCC[C@@H]1O. The average Bonchev–Trinajstić information content (AvgIpc) is 3.25. The van der Waals surface area contributed by atoms with Crippen LogP contribution in [0.15, 0.2) is 18.2 Å². The minimum absolute atomic E-state index is 0.0904. The summed E-state index contributed by atoms with van der Waals surface area (Å²) in [6.45, 7) is 3.97. The Morgan fingerprint density at radius 2 is 2.14 bits per heavy atom. The Morgan fingerprint density at radius 3 is 2.86 bits per heavy atom. The smallest absolute Gasteiger partial charge is 0.253 e. The predicted molar refractivity (Wildman–Crippen MR) is 103 cm³/mol. The molecular formula is C21H24FN3O3. The number of hydrogen-bond acceptors (Lipinski definition) is 3. The third kappa shape index (κ3) is 3.20. The second-order valence-electron chi connectivity index (χ2n) is 7.74. The van der Waals surface area contributed by atoms with E-state index in [9.17, 15) is 19.1 Å². The molecule has 2 aliphatic rings. The maximum Gasteiger partial charge on any atom is 0.253 e. The van der Waals surface area contributed by atoms with Crippen molar-refractivity contribution >= 4 is 17.5 Å². The van der Waals surface area contributed by atoms with Gasteiger partial charge in [0.25, 0.3) is 5.91 Å². The van der Waals surface area contributed by atoms with Gasteiger partial charge < -0.3 is 20.3 Å². The highest BCUT2D eigenvalue weighted by molar-refractivity contribution is 6.01. The second kappa shape index (κ2) is 7.05. The van der Waals surface area contributed by atoms with Crippen molar-refractivity contribution in [3.63, 3.8) is 0 Å². The highest BCUT2D eigenvalue weighted by atomic mass is 19.1. The molecule has 7 heteroatoms. The number of fused-ring (bicyclic) bond motifs is 1. The van der Waals surface area contributed by atoms with E-state index < -0.39 is 6.10 Å². The molecule has 28 heavy (non-hydrogen) atoms. The lowest BCUT2D eigenvalue weighted by molar-refractivity contribution is -0.117. The first-order valence-electron chi connectivity index (χ1n) is 9.61. The van der Waals surface area contributed by atoms with Gasteiger partial charge in [-0.05, 0) is 62.4 Å². The van der Waals surface area contributed by atoms with E-state index in [1.165, 1.54) is 12.1 Å². The van der Waals surface area contributed by atoms with Crippen LogP contribution in [0.25, 0.3) is 0 Å². The number of benzene rings is 1. The number of aliphatic hydroxyl groups excluding tert-OH is 1. The molecule has 3 N–H and O–H groups in total. The molecule has 2 aromatic rings. The molecule has 1 aromatic carbocycles. The highest BCUT2D eigenvalue weighted by Gasteiger charge is 2.31. The summed E-state index contributed by atoms with van der Waals surface area (Å²) in [5, 5.41) is 12.9. The van der Waals surface area contributed by atoms with Crippen molar-refractivity contribution in [2.75, 3.05) is 4.90 Å². The van der Waals surface area contributed by atoms with E-state index in [0.29, 0.717) is 29.8 Å². The minimum Gasteiger partial charge on any atom is -0.391 e. The van der Waals surface area contributed by atoms with Crippen LogP contribution in [0.1, 0.15) is 52.1 Å². The molecule has 1 fully saturated rings. The predicted octanol–water partition coefficient (Wildman–Crippen LogP) is 2.50. The monoisotopic (exact) mass is 385 g/mol. The molecule has 0 bridgehead atoms. The van der Waals surface area contributed by atoms with Gasteiger partial charge in [-0.2, -0.15) is 0 Å². The van der Waals surface area contributed by atoms with Gasteiger partial charge in [0, 0.05) is 17.1 Å². The summed E-state index contributed by atoms with van der Waals surface area (Å²) in [6, 6.07) is 4.15. The quantitative estimate of drug-likeness (QED) is 0.756. The van der Waals surface area contributed by atoms with Crippen LogP contribution in [0.3, 0.4) is 0 Å². The summed E-state index contributed by atoms with van der Waals surface area (Å²) in [7, 11) is 0. The maximum atomic E-state index is 13.4. The summed E-state index contributed by atoms with van der Waals surface area (Å²) in [5.41, 5.74) is 4.23. The molecule has 0 saturated heterocycles. The van der Waals surface area contributed by atoms with Gasteiger partial charge in [-0.15, -0.1) is 0 Å². The van der Waals surface area contributed by atoms with Crippen molar-refractivity contribution < 1.29 is 19.1 Å². The molecule has 4 rings (SSSR count). The number of aromatic amines is 1. The Bertz CT molecular complexity index is 953. The number of rotatable bonds is 4. The molecule has 2 amide bonds. The molecule has 148 valence electrons. The number of anilines is 1. The molecule has 1 saturated carbocycles. The van der Waals surface area contributed by atoms with Crippen LogP contribution in [-0.4, -0.2) is 34.1 Å². The normalized spacial score (nSPS) is 21.3. The van der Waals surface area contributed by atoms with Crippen LogP contribution in [0.2, 0.25) is 0 Å². The summed E-state index contributed by atoms with van der Waals surface area (Å²) in [4.78, 5) is 30.1. The zero-order valence-corrected chi connectivity index (χ0v) is 16.0. The van der Waals surface area contributed by atoms with Gasteiger partial charge in [-0.1, -0.05) is 0 Å². The summed E-state index contributed by atoms with van der Waals surface area (Å²) >= 11 is 0. The molecule has 2 atom stereocenters. The van der Waals surface area contributed by atoms with Crippen molar-refractivity contribution in [3.05, 3.63) is 52.1 Å². The van der Waals surface area contributed by atoms with Crippen molar-refractivity contribution in [1.29, 1.82) is 0 Å². The second-order valence-corrected chi connectivity index (χ2v) is 7.74. The topological polar surface area (TPSA) is 85.4 Å². The molecule has 1 aliphatic carbocycles. The van der Waals surface area contributed by atoms with Gasteiger partial charge in [0.05, 0.1) is 30.7 Å². The lowest BCUT2D eigenvalue weighted by atomic mass is 10.1. The van der Waals surface area contributed by atoms with Crippen molar-refractivity contribution in [1.82, 2.24) is 10.3 Å². The van der Waals surface area contributed by atoms with Crippen molar-refractivity contribution in [2.24, 2.45) is 0 Å². The molecule has 0 radical (unpaired) electrons. The van der Waals surface area contributed by atoms with Gasteiger partial charge in [0.15, 0.2) is 0 Å². The number of nitrogens with one attached hydrogen (secondary N) is 2. The molecule has 0 spiro atoms. The van der Waals surface area contributed by atoms with Gasteiger partial charge in [-0.3, -0.25) is 9.59 Å². The van der Waals surface area contributed by atoms with Crippen molar-refractivity contribution in [2.45, 2.75) is 58.2 Å². The number of hydrogen-bond donors (Lipinski definition) is 3. The number of H-pyrrole nitrogens is 1. The number of carbonyl (C=O) groups is 2. The Balaban J connectivity index is 1.56. The lowest BCUT2D eigenvalue weighted by Gasteiger charge is -2.18. The Labute approximate surface area is 162 Å². The first kappa shape index (κ1) is 18.7. The Hall–Kier alpha value is -2.67. The number of halogens is 1. The number of amides is 2. The first-order chi connectivity index (χ1) is 13.3. The van der Waals surface area contributed by atoms with Crippen molar-refractivity contribution in [3.8, 4) is 0 Å². The number of aryl methyl sites for hydroxylation is 1. The summed E-state index contributed by atoms with van der Waals surface area (Å²) in [6.07, 6.45) is 2.07. The first-order valence-corrected chi connectivity index (χ1v) is 9.61. The van der Waals surface area contributed by atoms with Crippen LogP contribution in [0.5, 0.6) is 0 Å². The van der Waals surface area contributed by atoms with Gasteiger partial charge in [-0.25, -0.2) is 4.39 Å². The summed E-state index contributed by atoms with van der Waals surface area (Å²) < 4.78 is 13.4. The number of aromatic nitrogens is 1. The Morgan fingerprint density at radius 1 is 1.36 bits per heavy atom. The van der Waals surface area contributed by atoms with Gasteiger partial charge in [0.1, 0.15) is 5.82 Å². The number of carbonyl (C=O) groups excluding carboxylic acids is 2. The molecule has 6 nitrogen and oxygen atoms in total. The fraction of sp³-hybridized carbons (Fsp3) is 0.429. The van der Waals surface area contributed by atoms with E-state index in [0.717, 1.165) is 29.8 Å². The van der Waals surface area contributed by atoms with Crippen LogP contribution in [-0.2, 0) is 17.8 Å². The maximum absolute atomic E-state index is 13.4. The van der Waals surface area contributed by atoms with E-state index in [4.69, 9.17) is 0 Å². The van der Waals surface area contributed by atoms with Gasteiger partial charge in [0.2, 0.25) is 5.91 Å². The fourth-order valence-corrected chi connectivity index (χ4v) is 4.35. The molecule has 1 aliphatic heterocycles. The molecular weight excluding hydrogens is 361 g/mol. The largest absolute Gasteiger partial charge is 0.391 e. The highest BCUT2D eigenvalue weighted by Crippen LogP contribution is 2.32. The fourth-order valence-electron chi connectivity index (χ4n) is 4.35. The van der Waals surface area contributed by atoms with Crippen LogP contribution < -0.4 is 10.2 Å². The number of nitrogens with zero attached hydrogens (tertiary/aromatic N) is 1. The summed E-state index contributed by atoms with van der Waals surface area (Å²) in [5.74, 6) is -0.653. The van der Waals surface area contributed by atoms with E-state index >= 15 is 0 Å². The van der Waals surface area contributed by atoms with E-state index in [-0.39, 0.29) is 30.1 Å². The van der Waals surface area contributed by atoms with Crippen LogP contribution in [0.4, 0.5) is 10.1 Å². The number of aliphatic hydroxyl groups is 1. The van der Waals surface area contributed by atoms with Crippen LogP contribution in [0, 0.1) is 19.7 Å². The van der Waals surface area contributed by atoms with Crippen LogP contribution >= 0.6 is 0 Å². The van der Waals surface area contributed by atoms with E-state index in [2.05, 4.69) is 10.3 Å². The average molecular weight is 385 g/mol. The molecule has 2 heterocycles. The standard InChI is InChI=1S/C21H24FN3O3/c1-11-16(10-25-17-7-6-14(22)8-13(17)9-19(25)27)23-12(2)20(11)21(28)24-15-4-3-5-18(15)26/h6-8,15,18,23,26H,3-5,9-10H2,1-2H3,(H,24,28)/t15-,18-/m0/s1. The third-order valence-corrected chi connectivity index (χ3v) is 5.86. The van der Waals surface area contributed by atoms with E-state index in [1.54, 1.807) is 11.0 Å². The molecule has 1 aromatic heterocycles. The zero-order chi connectivity index (χ0) is 20.0. The van der Waals surface area contributed by atoms with Gasteiger partial charge >= 0.3 is 0 Å². The Kier molecular flexibility index (Phi) is 4.71. The lowest BCUT2D eigenvalue weighted by Crippen LogP contribution is -2.40. The minimum atomic E-state index is -0.498. The molecule has 0 unspecified atom stereocenters. The van der Waals surface area contributed by atoms with E-state index in [1.807, 2.05) is 13.8 Å².